The fourth-order valence-corrected chi connectivity index (χ4v) is 3.49. The van der Waals surface area contributed by atoms with E-state index in [1.165, 1.54) is 4.31 Å². The zero-order valence-corrected chi connectivity index (χ0v) is 10.4. The summed E-state index contributed by atoms with van der Waals surface area (Å²) in [6, 6.07) is 7.30. The van der Waals surface area contributed by atoms with Crippen molar-refractivity contribution in [2.45, 2.75) is 6.42 Å². The van der Waals surface area contributed by atoms with Gasteiger partial charge in [-0.15, -0.1) is 0 Å². The summed E-state index contributed by atoms with van der Waals surface area (Å²) < 4.78 is 28.1. The molecule has 0 spiro atoms. The summed E-state index contributed by atoms with van der Waals surface area (Å²) in [5.74, 6) is 0. The lowest BCUT2D eigenvalue weighted by Gasteiger charge is -2.29. The Kier molecular flexibility index (Phi) is 2.99. The summed E-state index contributed by atoms with van der Waals surface area (Å²) >= 11 is 3.35. The third-order valence-corrected chi connectivity index (χ3v) is 4.43. The maximum absolute atomic E-state index is 11.7. The van der Waals surface area contributed by atoms with E-state index in [0.717, 1.165) is 10.9 Å². The molecule has 1 fully saturated rings. The third-order valence-electron chi connectivity index (χ3n) is 2.23. The molecule has 0 radical (unpaired) electrons. The Morgan fingerprint density at radius 1 is 1.33 bits per heavy atom. The molecule has 4 nitrogen and oxygen atoms in total. The van der Waals surface area contributed by atoms with Crippen LogP contribution in [-0.2, 0) is 10.2 Å². The highest BCUT2D eigenvalue weighted by atomic mass is 79.9. The number of anilines is 1. The Morgan fingerprint density at radius 3 is 2.73 bits per heavy atom. The monoisotopic (exact) mass is 290 g/mol. The van der Waals surface area contributed by atoms with Crippen molar-refractivity contribution >= 4 is 31.8 Å². The van der Waals surface area contributed by atoms with Crippen LogP contribution in [0.15, 0.2) is 28.7 Å². The van der Waals surface area contributed by atoms with Gasteiger partial charge in [0.15, 0.2) is 0 Å². The van der Waals surface area contributed by atoms with Crippen molar-refractivity contribution in [3.05, 3.63) is 28.7 Å². The Balaban J connectivity index is 2.42. The van der Waals surface area contributed by atoms with E-state index in [1.807, 2.05) is 18.2 Å². The van der Waals surface area contributed by atoms with E-state index in [4.69, 9.17) is 0 Å². The smallest absolute Gasteiger partial charge is 0.257 e. The molecule has 82 valence electrons. The van der Waals surface area contributed by atoms with Crippen LogP contribution in [0.5, 0.6) is 0 Å². The number of nitrogens with one attached hydrogen (secondary N) is 1. The van der Waals surface area contributed by atoms with E-state index in [0.29, 0.717) is 18.8 Å². The predicted octanol–water partition coefficient (Wildman–Crippen LogP) is 1.49. The first-order valence-corrected chi connectivity index (χ1v) is 6.86. The Hall–Kier alpha value is -0.590. The van der Waals surface area contributed by atoms with E-state index in [2.05, 4.69) is 20.7 Å². The Morgan fingerprint density at radius 2 is 2.07 bits per heavy atom. The van der Waals surface area contributed by atoms with Crippen LogP contribution in [0.25, 0.3) is 0 Å². The zero-order chi connectivity index (χ0) is 10.9. The highest BCUT2D eigenvalue weighted by Crippen LogP contribution is 2.28. The molecule has 0 aliphatic carbocycles. The molecule has 0 atom stereocenters. The van der Waals surface area contributed by atoms with Crippen LogP contribution < -0.4 is 9.03 Å². The second-order valence-electron chi connectivity index (χ2n) is 3.28. The second-order valence-corrected chi connectivity index (χ2v) is 5.81. The fourth-order valence-electron chi connectivity index (χ4n) is 1.53. The number of para-hydroxylation sites is 1. The summed E-state index contributed by atoms with van der Waals surface area (Å²) in [5.41, 5.74) is 0.685. The molecule has 1 saturated heterocycles. The van der Waals surface area contributed by atoms with Gasteiger partial charge in [0.05, 0.1) is 5.69 Å². The first-order chi connectivity index (χ1) is 7.11. The highest BCUT2D eigenvalue weighted by Gasteiger charge is 2.26. The molecule has 6 heteroatoms. The molecule has 1 N–H and O–H groups in total. The number of halogens is 1. The van der Waals surface area contributed by atoms with Crippen molar-refractivity contribution in [2.75, 3.05) is 17.4 Å². The van der Waals surface area contributed by atoms with Crippen LogP contribution in [0.3, 0.4) is 0 Å². The van der Waals surface area contributed by atoms with Gasteiger partial charge in [-0.25, -0.2) is 0 Å². The second kappa shape index (κ2) is 4.11. The third kappa shape index (κ3) is 2.16. The van der Waals surface area contributed by atoms with Crippen molar-refractivity contribution in [3.8, 4) is 0 Å². The first-order valence-electron chi connectivity index (χ1n) is 4.63. The maximum atomic E-state index is 11.7. The molecule has 1 aromatic carbocycles. The SMILES string of the molecule is O=S1(=O)NCCCN1c1ccccc1Br. The van der Waals surface area contributed by atoms with Gasteiger partial charge in [-0.05, 0) is 34.5 Å². The first kappa shape index (κ1) is 10.9. The minimum atomic E-state index is -3.35. The molecule has 0 unspecified atom stereocenters. The lowest BCUT2D eigenvalue weighted by atomic mass is 10.3. The molecular weight excluding hydrogens is 280 g/mol. The van der Waals surface area contributed by atoms with Crippen molar-refractivity contribution in [2.24, 2.45) is 0 Å². The van der Waals surface area contributed by atoms with Gasteiger partial charge in [0, 0.05) is 17.6 Å². The van der Waals surface area contributed by atoms with Crippen LogP contribution in [0, 0.1) is 0 Å². The summed E-state index contributed by atoms with van der Waals surface area (Å²) in [6.45, 7) is 1.04. The van der Waals surface area contributed by atoms with E-state index in [-0.39, 0.29) is 0 Å². The molecular formula is C9H11BrN2O2S. The maximum Gasteiger partial charge on any atom is 0.301 e. The van der Waals surface area contributed by atoms with Gasteiger partial charge in [-0.1, -0.05) is 12.1 Å². The lowest BCUT2D eigenvalue weighted by Crippen LogP contribution is -2.47. The van der Waals surface area contributed by atoms with Gasteiger partial charge in [0.2, 0.25) is 0 Å². The van der Waals surface area contributed by atoms with Gasteiger partial charge < -0.3 is 0 Å². The van der Waals surface area contributed by atoms with Gasteiger partial charge in [-0.2, -0.15) is 13.1 Å². The Bertz CT molecular complexity index is 461. The van der Waals surface area contributed by atoms with E-state index in [9.17, 15) is 8.42 Å². The highest BCUT2D eigenvalue weighted by molar-refractivity contribution is 9.10. The molecule has 1 aliphatic heterocycles. The predicted molar refractivity (Wildman–Crippen MR) is 63.0 cm³/mol. The number of hydrogen-bond donors (Lipinski definition) is 1. The van der Waals surface area contributed by atoms with E-state index < -0.39 is 10.2 Å². The van der Waals surface area contributed by atoms with Gasteiger partial charge in [-0.3, -0.25) is 4.31 Å². The number of hydrogen-bond acceptors (Lipinski definition) is 2. The van der Waals surface area contributed by atoms with Gasteiger partial charge in [0.1, 0.15) is 0 Å². The lowest BCUT2D eigenvalue weighted by molar-refractivity contribution is 0.560. The molecule has 1 aliphatic rings. The molecule has 2 rings (SSSR count). The molecule has 0 aromatic heterocycles. The van der Waals surface area contributed by atoms with Crippen LogP contribution in [-0.4, -0.2) is 21.5 Å². The minimum absolute atomic E-state index is 0.517. The molecule has 0 amide bonds. The van der Waals surface area contributed by atoms with E-state index >= 15 is 0 Å². The Labute approximate surface area is 97.6 Å². The quantitative estimate of drug-likeness (QED) is 0.852. The summed E-state index contributed by atoms with van der Waals surface area (Å²) in [7, 11) is -3.35. The van der Waals surface area contributed by atoms with Gasteiger partial charge >= 0.3 is 10.2 Å². The van der Waals surface area contributed by atoms with Crippen molar-refractivity contribution < 1.29 is 8.42 Å². The topological polar surface area (TPSA) is 49.4 Å². The number of benzene rings is 1. The fraction of sp³-hybridized carbons (Fsp3) is 0.333. The summed E-state index contributed by atoms with van der Waals surface area (Å²) in [5, 5.41) is 0. The molecule has 0 bridgehead atoms. The van der Waals surface area contributed by atoms with E-state index in [1.54, 1.807) is 6.07 Å². The van der Waals surface area contributed by atoms with Crippen molar-refractivity contribution in [3.63, 3.8) is 0 Å². The molecule has 1 aromatic rings. The standard InChI is InChI=1S/C9H11BrN2O2S/c10-8-4-1-2-5-9(8)12-7-3-6-11-15(12,13)14/h1-2,4-5,11H,3,6-7H2. The molecule has 15 heavy (non-hydrogen) atoms. The normalized spacial score (nSPS) is 20.2. The van der Waals surface area contributed by atoms with Crippen LogP contribution >= 0.6 is 15.9 Å². The van der Waals surface area contributed by atoms with Crippen LogP contribution in [0.1, 0.15) is 6.42 Å². The summed E-state index contributed by atoms with van der Waals surface area (Å²) in [6.07, 6.45) is 0.820. The average molecular weight is 291 g/mol. The van der Waals surface area contributed by atoms with Crippen LogP contribution in [0.2, 0.25) is 0 Å². The number of rotatable bonds is 1. The summed E-state index contributed by atoms with van der Waals surface area (Å²) in [4.78, 5) is 0. The van der Waals surface area contributed by atoms with Crippen molar-refractivity contribution in [1.82, 2.24) is 4.72 Å². The van der Waals surface area contributed by atoms with Crippen molar-refractivity contribution in [1.29, 1.82) is 0 Å². The molecule has 1 heterocycles. The minimum Gasteiger partial charge on any atom is -0.257 e. The zero-order valence-electron chi connectivity index (χ0n) is 7.98. The van der Waals surface area contributed by atoms with Gasteiger partial charge in [0.25, 0.3) is 0 Å². The molecule has 0 saturated carbocycles. The average Bonchev–Trinajstić information content (AvgIpc) is 2.19. The number of nitrogens with zero attached hydrogens (tertiary/aromatic N) is 1. The van der Waals surface area contributed by atoms with Crippen LogP contribution in [0.4, 0.5) is 5.69 Å². The largest absolute Gasteiger partial charge is 0.301 e.